The highest BCUT2D eigenvalue weighted by Crippen LogP contribution is 2.30. The number of nitrogens with one attached hydrogen (secondary N) is 1. The van der Waals surface area contributed by atoms with Crippen LogP contribution in [-0.4, -0.2) is 42.0 Å². The van der Waals surface area contributed by atoms with Crippen molar-refractivity contribution < 1.29 is 4.79 Å². The number of carbonyl (C=O) groups is 1. The molecule has 2 fully saturated rings. The van der Waals surface area contributed by atoms with Crippen LogP contribution in [0.5, 0.6) is 0 Å². The Morgan fingerprint density at radius 2 is 1.95 bits per heavy atom. The highest BCUT2D eigenvalue weighted by molar-refractivity contribution is 7.20. The molecule has 0 unspecified atom stereocenters. The van der Waals surface area contributed by atoms with Gasteiger partial charge in [0.05, 0.1) is 4.88 Å². The van der Waals surface area contributed by atoms with E-state index in [-0.39, 0.29) is 30.7 Å². The number of hydrogen-bond donors (Lipinski definition) is 1. The average Bonchev–Trinajstić information content (AvgIpc) is 3.19. The van der Waals surface area contributed by atoms with Crippen molar-refractivity contribution in [3.05, 3.63) is 28.6 Å². The Hall–Kier alpha value is -0.660. The van der Waals surface area contributed by atoms with Crippen molar-refractivity contribution in [2.24, 2.45) is 11.8 Å². The summed E-state index contributed by atoms with van der Waals surface area (Å²) in [7, 11) is 0. The predicted octanol–water partition coefficient (Wildman–Crippen LogP) is 3.01. The lowest BCUT2D eigenvalue weighted by Crippen LogP contribution is -2.32. The summed E-state index contributed by atoms with van der Waals surface area (Å²) < 4.78 is 0. The topological polar surface area (TPSA) is 45.2 Å². The molecule has 0 radical (unpaired) electrons. The summed E-state index contributed by atoms with van der Waals surface area (Å²) in [5, 5.41) is 8.27. The van der Waals surface area contributed by atoms with Crippen molar-refractivity contribution in [2.75, 3.05) is 26.2 Å². The lowest BCUT2D eigenvalue weighted by Gasteiger charge is -2.15. The zero-order valence-electron chi connectivity index (χ0n) is 11.7. The van der Waals surface area contributed by atoms with E-state index >= 15 is 0 Å². The molecule has 1 N–H and O–H groups in total. The highest BCUT2D eigenvalue weighted by atomic mass is 35.5. The van der Waals surface area contributed by atoms with E-state index in [1.165, 1.54) is 0 Å². The number of thiophene rings is 1. The van der Waals surface area contributed by atoms with Gasteiger partial charge in [0.2, 0.25) is 0 Å². The number of likely N-dealkylation sites (tertiary alicyclic amines) is 1. The molecule has 1 amide bonds. The summed E-state index contributed by atoms with van der Waals surface area (Å²) in [5.74, 6) is 1.36. The molecule has 2 aliphatic rings. The second-order valence-electron chi connectivity index (χ2n) is 5.40. The molecular weight excluding hydrogens is 361 g/mol. The van der Waals surface area contributed by atoms with Gasteiger partial charge in [-0.15, -0.1) is 47.5 Å². The molecule has 2 aromatic heterocycles. The Bertz CT molecular complexity index is 620. The zero-order chi connectivity index (χ0) is 13.5. The van der Waals surface area contributed by atoms with Crippen molar-refractivity contribution in [3.63, 3.8) is 0 Å². The lowest BCUT2D eigenvalue weighted by molar-refractivity contribution is 0.0777. The van der Waals surface area contributed by atoms with Crippen LogP contribution in [0.15, 0.2) is 22.9 Å². The first kappa shape index (κ1) is 17.7. The Morgan fingerprint density at radius 3 is 2.59 bits per heavy atom. The SMILES string of the molecule is Cl.Cl.O=C(c1csc(-c2cccs2)n1)N1C[C@H]2CNC[C@H]2C1. The molecule has 4 rings (SSSR count). The normalized spacial score (nSPS) is 22.8. The fourth-order valence-corrected chi connectivity index (χ4v) is 4.68. The smallest absolute Gasteiger partial charge is 0.273 e. The first-order valence-corrected chi connectivity index (χ1v) is 8.56. The third-order valence-corrected chi connectivity index (χ3v) is 6.01. The number of rotatable bonds is 2. The van der Waals surface area contributed by atoms with E-state index in [1.54, 1.807) is 22.7 Å². The van der Waals surface area contributed by atoms with Gasteiger partial charge >= 0.3 is 0 Å². The first-order valence-electron chi connectivity index (χ1n) is 6.80. The highest BCUT2D eigenvalue weighted by Gasteiger charge is 2.38. The fraction of sp³-hybridized carbons (Fsp3) is 0.429. The van der Waals surface area contributed by atoms with Gasteiger partial charge in [-0.1, -0.05) is 6.07 Å². The van der Waals surface area contributed by atoms with E-state index in [9.17, 15) is 4.79 Å². The number of nitrogens with zero attached hydrogens (tertiary/aromatic N) is 2. The van der Waals surface area contributed by atoms with Gasteiger partial charge in [0.1, 0.15) is 10.7 Å². The minimum absolute atomic E-state index is 0. The van der Waals surface area contributed by atoms with Crippen LogP contribution >= 0.6 is 47.5 Å². The van der Waals surface area contributed by atoms with Crippen LogP contribution in [0.2, 0.25) is 0 Å². The number of fused-ring (bicyclic) bond motifs is 1. The summed E-state index contributed by atoms with van der Waals surface area (Å²) in [4.78, 5) is 20.1. The van der Waals surface area contributed by atoms with Crippen molar-refractivity contribution in [1.82, 2.24) is 15.2 Å². The van der Waals surface area contributed by atoms with Crippen molar-refractivity contribution in [2.45, 2.75) is 0 Å². The van der Waals surface area contributed by atoms with E-state index < -0.39 is 0 Å². The van der Waals surface area contributed by atoms with Gasteiger partial charge in [0.15, 0.2) is 0 Å². The van der Waals surface area contributed by atoms with Crippen LogP contribution < -0.4 is 5.32 Å². The van der Waals surface area contributed by atoms with E-state index in [1.807, 2.05) is 27.8 Å². The molecular formula is C14H17Cl2N3OS2. The molecule has 4 nitrogen and oxygen atoms in total. The Kier molecular flexibility index (Phi) is 5.85. The van der Waals surface area contributed by atoms with Crippen LogP contribution in [0.4, 0.5) is 0 Å². The minimum Gasteiger partial charge on any atom is -0.337 e. The molecule has 2 aliphatic heterocycles. The van der Waals surface area contributed by atoms with Crippen molar-refractivity contribution in [3.8, 4) is 9.88 Å². The number of carbonyl (C=O) groups excluding carboxylic acids is 1. The standard InChI is InChI=1S/C14H15N3OS2.2ClH/c18-14(17-6-9-4-15-5-10(9)7-17)11-8-20-13(16-11)12-2-1-3-19-12;;/h1-3,8-10,15H,4-7H2;2*1H/t9-,10+;;. The van der Waals surface area contributed by atoms with Crippen LogP contribution in [0.25, 0.3) is 9.88 Å². The van der Waals surface area contributed by atoms with Gasteiger partial charge in [0.25, 0.3) is 5.91 Å². The number of hydrogen-bond acceptors (Lipinski definition) is 5. The molecule has 0 bridgehead atoms. The van der Waals surface area contributed by atoms with Crippen molar-refractivity contribution >= 4 is 53.4 Å². The van der Waals surface area contributed by atoms with Crippen LogP contribution in [0, 0.1) is 11.8 Å². The molecule has 2 atom stereocenters. The largest absolute Gasteiger partial charge is 0.337 e. The second-order valence-corrected chi connectivity index (χ2v) is 7.21. The molecule has 2 saturated heterocycles. The lowest BCUT2D eigenvalue weighted by atomic mass is 10.0. The first-order chi connectivity index (χ1) is 9.81. The maximum atomic E-state index is 12.5. The molecule has 8 heteroatoms. The number of aromatic nitrogens is 1. The van der Waals surface area contributed by atoms with E-state index in [2.05, 4.69) is 10.3 Å². The predicted molar refractivity (Wildman–Crippen MR) is 95.7 cm³/mol. The van der Waals surface area contributed by atoms with Gasteiger partial charge in [0, 0.05) is 31.6 Å². The van der Waals surface area contributed by atoms with Crippen molar-refractivity contribution in [1.29, 1.82) is 0 Å². The number of amides is 1. The maximum absolute atomic E-state index is 12.5. The van der Waals surface area contributed by atoms with Gasteiger partial charge in [-0.25, -0.2) is 4.98 Å². The van der Waals surface area contributed by atoms with E-state index in [0.717, 1.165) is 36.1 Å². The average molecular weight is 378 g/mol. The molecule has 0 spiro atoms. The molecule has 0 saturated carbocycles. The Labute approximate surface area is 149 Å². The summed E-state index contributed by atoms with van der Waals surface area (Å²) in [5.41, 5.74) is 0.603. The number of halogens is 2. The fourth-order valence-electron chi connectivity index (χ4n) is 3.07. The van der Waals surface area contributed by atoms with Gasteiger partial charge in [-0.2, -0.15) is 0 Å². The summed E-state index contributed by atoms with van der Waals surface area (Å²) in [6.45, 7) is 3.85. The summed E-state index contributed by atoms with van der Waals surface area (Å²) in [6, 6.07) is 4.06. The summed E-state index contributed by atoms with van der Waals surface area (Å²) in [6.07, 6.45) is 0. The van der Waals surface area contributed by atoms with Crippen LogP contribution in [0.3, 0.4) is 0 Å². The molecule has 120 valence electrons. The Morgan fingerprint density at radius 1 is 1.23 bits per heavy atom. The second kappa shape index (κ2) is 7.27. The van der Waals surface area contributed by atoms with E-state index in [4.69, 9.17) is 0 Å². The van der Waals surface area contributed by atoms with E-state index in [0.29, 0.717) is 17.5 Å². The molecule has 4 heterocycles. The zero-order valence-corrected chi connectivity index (χ0v) is 15.0. The van der Waals surface area contributed by atoms with Gasteiger partial charge < -0.3 is 10.2 Å². The Balaban J connectivity index is 0.000000882. The van der Waals surface area contributed by atoms with Crippen LogP contribution in [0.1, 0.15) is 10.5 Å². The van der Waals surface area contributed by atoms with Gasteiger partial charge in [-0.3, -0.25) is 4.79 Å². The maximum Gasteiger partial charge on any atom is 0.273 e. The quantitative estimate of drug-likeness (QED) is 0.874. The third-order valence-electron chi connectivity index (χ3n) is 4.13. The van der Waals surface area contributed by atoms with Crippen LogP contribution in [-0.2, 0) is 0 Å². The monoisotopic (exact) mass is 377 g/mol. The summed E-state index contributed by atoms with van der Waals surface area (Å²) >= 11 is 3.22. The third kappa shape index (κ3) is 3.16. The molecule has 0 aromatic carbocycles. The molecule has 2 aromatic rings. The van der Waals surface area contributed by atoms with Gasteiger partial charge in [-0.05, 0) is 23.3 Å². The molecule has 22 heavy (non-hydrogen) atoms. The number of thiazole rings is 1. The minimum atomic E-state index is 0. The molecule has 0 aliphatic carbocycles.